The van der Waals surface area contributed by atoms with Crippen LogP contribution in [0.2, 0.25) is 0 Å². The first kappa shape index (κ1) is 22.7. The van der Waals surface area contributed by atoms with E-state index in [9.17, 15) is 35.5 Å². The van der Waals surface area contributed by atoms with Gasteiger partial charge >= 0.3 is 6.18 Å². The quantitative estimate of drug-likeness (QED) is 0.546. The van der Waals surface area contributed by atoms with E-state index in [-0.39, 0.29) is 40.8 Å². The Labute approximate surface area is 189 Å². The number of phenols is 1. The molecule has 0 aliphatic carbocycles. The maximum absolute atomic E-state index is 14.6. The normalized spacial score (nSPS) is 21.2. The van der Waals surface area contributed by atoms with Crippen molar-refractivity contribution in [3.05, 3.63) is 29.5 Å². The minimum Gasteiger partial charge on any atom is -0.503 e. The largest absolute Gasteiger partial charge is 0.503 e. The summed E-state index contributed by atoms with van der Waals surface area (Å²) in [6, 6.07) is -0.183. The van der Waals surface area contributed by atoms with Crippen molar-refractivity contribution in [2.45, 2.75) is 24.7 Å². The number of hydrogen-bond acceptors (Lipinski definition) is 7. The lowest BCUT2D eigenvalue weighted by atomic mass is 9.91. The average Bonchev–Trinajstić information content (AvgIpc) is 3.06. The molecule has 2 aromatic heterocycles. The van der Waals surface area contributed by atoms with Gasteiger partial charge in [-0.05, 0) is 12.5 Å². The maximum atomic E-state index is 14.6. The molecule has 6 rings (SSSR count). The van der Waals surface area contributed by atoms with Crippen LogP contribution >= 0.6 is 0 Å². The molecule has 2 bridgehead atoms. The highest BCUT2D eigenvalue weighted by Crippen LogP contribution is 2.42. The van der Waals surface area contributed by atoms with Gasteiger partial charge in [-0.1, -0.05) is 0 Å². The van der Waals surface area contributed by atoms with Gasteiger partial charge in [-0.2, -0.15) is 27.6 Å². The van der Waals surface area contributed by atoms with E-state index in [2.05, 4.69) is 15.1 Å². The second-order valence-corrected chi connectivity index (χ2v) is 10.3. The second kappa shape index (κ2) is 7.21. The predicted octanol–water partition coefficient (Wildman–Crippen LogP) is 2.26. The summed E-state index contributed by atoms with van der Waals surface area (Å²) < 4.78 is 94.5. The SMILES string of the molecule is Cn1nc(-c2cc(C(F)(F)F)c(F)c(O)c2F)c2cnc(N3CC4CC(C3)N4S(C)(=O)=O)nc21. The van der Waals surface area contributed by atoms with E-state index in [0.29, 0.717) is 13.1 Å². The Hall–Kier alpha value is -3.07. The van der Waals surface area contributed by atoms with Crippen LogP contribution in [0.3, 0.4) is 0 Å². The Morgan fingerprint density at radius 1 is 1.15 bits per heavy atom. The van der Waals surface area contributed by atoms with Crippen molar-refractivity contribution < 1.29 is 35.5 Å². The number of piperidine rings is 1. The van der Waals surface area contributed by atoms with Gasteiger partial charge in [0.05, 0.1) is 17.2 Å². The van der Waals surface area contributed by atoms with Crippen molar-refractivity contribution in [1.29, 1.82) is 0 Å². The smallest absolute Gasteiger partial charge is 0.419 e. The lowest BCUT2D eigenvalue weighted by molar-refractivity contribution is -0.140. The van der Waals surface area contributed by atoms with Crippen LogP contribution in [-0.4, -0.2) is 69.0 Å². The zero-order valence-electron chi connectivity index (χ0n) is 17.7. The molecule has 3 aromatic rings. The summed E-state index contributed by atoms with van der Waals surface area (Å²) in [6.45, 7) is 0.713. The number of anilines is 1. The van der Waals surface area contributed by atoms with E-state index in [0.717, 1.165) is 12.7 Å². The fourth-order valence-electron chi connectivity index (χ4n) is 4.66. The molecule has 3 aliphatic rings. The number of fused-ring (bicyclic) bond motifs is 3. The van der Waals surface area contributed by atoms with E-state index in [1.807, 2.05) is 0 Å². The van der Waals surface area contributed by atoms with E-state index >= 15 is 0 Å². The van der Waals surface area contributed by atoms with Crippen LogP contribution in [0.15, 0.2) is 12.3 Å². The number of piperazine rings is 1. The number of nitrogens with zero attached hydrogens (tertiary/aromatic N) is 6. The highest BCUT2D eigenvalue weighted by molar-refractivity contribution is 7.88. The Kier molecular flexibility index (Phi) is 4.82. The predicted molar refractivity (Wildman–Crippen MR) is 109 cm³/mol. The van der Waals surface area contributed by atoms with Gasteiger partial charge < -0.3 is 10.0 Å². The summed E-state index contributed by atoms with van der Waals surface area (Å²) in [4.78, 5) is 10.4. The molecule has 34 heavy (non-hydrogen) atoms. The molecule has 0 saturated carbocycles. The zero-order chi connectivity index (χ0) is 24.7. The van der Waals surface area contributed by atoms with Crippen LogP contribution in [0, 0.1) is 11.6 Å². The highest BCUT2D eigenvalue weighted by Gasteiger charge is 2.50. The fraction of sp³-hybridized carbons (Fsp3) is 0.421. The third-order valence-corrected chi connectivity index (χ3v) is 7.46. The van der Waals surface area contributed by atoms with Crippen LogP contribution in [-0.2, 0) is 23.2 Å². The molecular formula is C19H17F5N6O3S. The van der Waals surface area contributed by atoms with Crippen LogP contribution in [0.4, 0.5) is 27.9 Å². The summed E-state index contributed by atoms with van der Waals surface area (Å²) in [7, 11) is -1.90. The molecule has 3 aliphatic heterocycles. The monoisotopic (exact) mass is 504 g/mol. The summed E-state index contributed by atoms with van der Waals surface area (Å²) >= 11 is 0. The fourth-order valence-corrected chi connectivity index (χ4v) is 6.05. The van der Waals surface area contributed by atoms with Gasteiger partial charge in [-0.25, -0.2) is 26.9 Å². The number of alkyl halides is 3. The molecule has 5 heterocycles. The number of hydrogen-bond donors (Lipinski definition) is 1. The molecule has 1 N–H and O–H groups in total. The number of aromatic nitrogens is 4. The van der Waals surface area contributed by atoms with Crippen molar-refractivity contribution in [1.82, 2.24) is 24.1 Å². The van der Waals surface area contributed by atoms with Gasteiger partial charge in [0.1, 0.15) is 5.69 Å². The van der Waals surface area contributed by atoms with Gasteiger partial charge in [-0.3, -0.25) is 0 Å². The van der Waals surface area contributed by atoms with E-state index in [4.69, 9.17) is 0 Å². The van der Waals surface area contributed by atoms with E-state index in [1.54, 1.807) is 4.90 Å². The van der Waals surface area contributed by atoms with Gasteiger partial charge in [0.15, 0.2) is 23.0 Å². The summed E-state index contributed by atoms with van der Waals surface area (Å²) in [5.41, 5.74) is -2.72. The number of phenolic OH excluding ortho intramolecular Hbond substituents is 1. The van der Waals surface area contributed by atoms with Crippen molar-refractivity contribution >= 4 is 27.0 Å². The second-order valence-electron chi connectivity index (χ2n) is 8.37. The molecule has 3 saturated heterocycles. The number of rotatable bonds is 3. The van der Waals surface area contributed by atoms with E-state index in [1.165, 1.54) is 22.2 Å². The Morgan fingerprint density at radius 3 is 2.38 bits per heavy atom. The molecule has 182 valence electrons. The minimum absolute atomic E-state index is 0.0872. The van der Waals surface area contributed by atoms with Crippen LogP contribution in [0.25, 0.3) is 22.3 Å². The van der Waals surface area contributed by atoms with Crippen molar-refractivity contribution in [3.8, 4) is 17.0 Å². The number of sulfonamides is 1. The van der Waals surface area contributed by atoms with Gasteiger partial charge in [0.25, 0.3) is 0 Å². The van der Waals surface area contributed by atoms with E-state index < -0.39 is 44.7 Å². The topological polar surface area (TPSA) is 104 Å². The lowest BCUT2D eigenvalue weighted by Gasteiger charge is -2.54. The average molecular weight is 504 g/mol. The first-order valence-electron chi connectivity index (χ1n) is 9.99. The summed E-state index contributed by atoms with van der Waals surface area (Å²) in [6.07, 6.45) is -2.05. The number of aryl methyl sites for hydroxylation is 1. The summed E-state index contributed by atoms with van der Waals surface area (Å²) in [5, 5.41) is 13.7. The third-order valence-electron chi connectivity index (χ3n) is 6.10. The molecular weight excluding hydrogens is 487 g/mol. The Morgan fingerprint density at radius 2 is 1.79 bits per heavy atom. The minimum atomic E-state index is -5.17. The molecule has 3 fully saturated rings. The molecule has 1 aromatic carbocycles. The Bertz CT molecular complexity index is 1430. The van der Waals surface area contributed by atoms with Crippen molar-refractivity contribution in [2.24, 2.45) is 7.05 Å². The highest BCUT2D eigenvalue weighted by atomic mass is 32.2. The molecule has 9 nitrogen and oxygen atoms in total. The van der Waals surface area contributed by atoms with Crippen molar-refractivity contribution in [3.63, 3.8) is 0 Å². The van der Waals surface area contributed by atoms with Crippen LogP contribution in [0.1, 0.15) is 12.0 Å². The molecule has 2 atom stereocenters. The zero-order valence-corrected chi connectivity index (χ0v) is 18.5. The lowest BCUT2D eigenvalue weighted by Crippen LogP contribution is -2.70. The maximum Gasteiger partial charge on any atom is 0.419 e. The van der Waals surface area contributed by atoms with Crippen molar-refractivity contribution in [2.75, 3.05) is 24.2 Å². The number of aromatic hydroxyl groups is 1. The van der Waals surface area contributed by atoms with Gasteiger partial charge in [-0.15, -0.1) is 0 Å². The molecule has 0 radical (unpaired) electrons. The first-order chi connectivity index (χ1) is 15.8. The molecule has 0 spiro atoms. The van der Waals surface area contributed by atoms with Crippen LogP contribution in [0.5, 0.6) is 5.75 Å². The number of halogens is 5. The molecule has 0 amide bonds. The molecule has 2 unspecified atom stereocenters. The molecule has 15 heteroatoms. The van der Waals surface area contributed by atoms with Gasteiger partial charge in [0, 0.05) is 44.0 Å². The Balaban J connectivity index is 1.55. The van der Waals surface area contributed by atoms with Crippen LogP contribution < -0.4 is 4.90 Å². The third kappa shape index (κ3) is 3.36. The first-order valence-corrected chi connectivity index (χ1v) is 11.8. The van der Waals surface area contributed by atoms with Gasteiger partial charge in [0.2, 0.25) is 16.0 Å². The summed E-state index contributed by atoms with van der Waals surface area (Å²) in [5.74, 6) is -5.21. The standard InChI is InChI=1S/C19H17F5N6O3S/c1-28-17-11(15(27-28)10-4-12(19(22,23)24)14(21)16(31)13(10)20)5-25-18(26-17)29-6-8-3-9(7-29)30(8)34(2,32)33/h4-5,8-9,31H,3,6-7H2,1-2H3. The number of benzene rings is 1.